The molecule has 2 aromatic heterocycles. The Balaban J connectivity index is 2.04. The summed E-state index contributed by atoms with van der Waals surface area (Å²) in [5.41, 5.74) is 4.20. The lowest BCUT2D eigenvalue weighted by Crippen LogP contribution is -2.21. The van der Waals surface area contributed by atoms with Gasteiger partial charge in [-0.15, -0.1) is 10.2 Å². The van der Waals surface area contributed by atoms with E-state index in [0.29, 0.717) is 16.5 Å². The standard InChI is InChI=1S/C25H32N6S2/c1-8-16(4)17-11-13-18(14-12-17)20-23(32-24(27-20)31(9-2)10-3)29-28-22-19(15-26)21(30-33-22)25(5,6)7/h11-14,16H,8-10H2,1-7H3/b29-28+. The summed E-state index contributed by atoms with van der Waals surface area (Å²) in [6, 6.07) is 10.9. The molecule has 1 unspecified atom stereocenters. The van der Waals surface area contributed by atoms with Crippen LogP contribution in [-0.2, 0) is 5.41 Å². The summed E-state index contributed by atoms with van der Waals surface area (Å²) < 4.78 is 4.49. The molecular formula is C25H32N6S2. The minimum Gasteiger partial charge on any atom is -0.349 e. The predicted molar refractivity (Wildman–Crippen MR) is 140 cm³/mol. The fraction of sp³-hybridized carbons (Fsp3) is 0.480. The molecule has 2 heterocycles. The van der Waals surface area contributed by atoms with E-state index in [1.54, 1.807) is 0 Å². The Labute approximate surface area is 205 Å². The summed E-state index contributed by atoms with van der Waals surface area (Å²) in [6.07, 6.45) is 1.11. The number of benzene rings is 1. The van der Waals surface area contributed by atoms with Crippen LogP contribution < -0.4 is 4.90 Å². The predicted octanol–water partition coefficient (Wildman–Crippen LogP) is 8.21. The second-order valence-corrected chi connectivity index (χ2v) is 10.7. The molecule has 0 bridgehead atoms. The van der Waals surface area contributed by atoms with Crippen molar-refractivity contribution in [2.45, 2.75) is 66.2 Å². The minimum atomic E-state index is -0.224. The van der Waals surface area contributed by atoms with E-state index in [-0.39, 0.29) is 5.41 Å². The zero-order chi connectivity index (χ0) is 24.2. The lowest BCUT2D eigenvalue weighted by Gasteiger charge is -2.16. The van der Waals surface area contributed by atoms with Crippen molar-refractivity contribution in [3.05, 3.63) is 41.1 Å². The summed E-state index contributed by atoms with van der Waals surface area (Å²) in [4.78, 5) is 7.14. The van der Waals surface area contributed by atoms with Crippen LogP contribution in [0.2, 0.25) is 0 Å². The molecule has 0 saturated carbocycles. The van der Waals surface area contributed by atoms with Gasteiger partial charge in [0.2, 0.25) is 0 Å². The average molecular weight is 481 g/mol. The highest BCUT2D eigenvalue weighted by molar-refractivity contribution is 7.19. The Kier molecular flexibility index (Phi) is 7.98. The molecule has 8 heteroatoms. The monoisotopic (exact) mass is 480 g/mol. The van der Waals surface area contributed by atoms with E-state index < -0.39 is 0 Å². The summed E-state index contributed by atoms with van der Waals surface area (Å²) in [5, 5.41) is 21.0. The third-order valence-electron chi connectivity index (χ3n) is 5.73. The topological polar surface area (TPSA) is 77.5 Å². The number of aromatic nitrogens is 2. The van der Waals surface area contributed by atoms with Crippen LogP contribution in [0.25, 0.3) is 11.3 Å². The molecule has 0 aliphatic carbocycles. The smallest absolute Gasteiger partial charge is 0.188 e. The molecule has 0 aliphatic rings. The highest BCUT2D eigenvalue weighted by Crippen LogP contribution is 2.42. The molecule has 0 fully saturated rings. The molecule has 0 N–H and O–H groups in total. The van der Waals surface area contributed by atoms with Gasteiger partial charge in [0, 0.05) is 24.1 Å². The van der Waals surface area contributed by atoms with Crippen molar-refractivity contribution in [3.8, 4) is 17.3 Å². The molecule has 33 heavy (non-hydrogen) atoms. The quantitative estimate of drug-likeness (QED) is 0.304. The van der Waals surface area contributed by atoms with Crippen LogP contribution in [-0.4, -0.2) is 22.4 Å². The molecule has 0 amide bonds. The number of hydrogen-bond acceptors (Lipinski definition) is 8. The highest BCUT2D eigenvalue weighted by atomic mass is 32.1. The summed E-state index contributed by atoms with van der Waals surface area (Å²) in [5.74, 6) is 0.521. The zero-order valence-electron chi connectivity index (χ0n) is 20.5. The first kappa shape index (κ1) is 25.0. The van der Waals surface area contributed by atoms with Crippen molar-refractivity contribution < 1.29 is 0 Å². The van der Waals surface area contributed by atoms with Crippen molar-refractivity contribution >= 4 is 38.0 Å². The van der Waals surface area contributed by atoms with E-state index >= 15 is 0 Å². The molecule has 0 aliphatic heterocycles. The maximum atomic E-state index is 9.71. The second kappa shape index (κ2) is 10.5. The summed E-state index contributed by atoms with van der Waals surface area (Å²) >= 11 is 2.75. The molecule has 6 nitrogen and oxygen atoms in total. The molecule has 0 spiro atoms. The van der Waals surface area contributed by atoms with E-state index in [9.17, 15) is 5.26 Å². The van der Waals surface area contributed by atoms with Crippen LogP contribution in [0.3, 0.4) is 0 Å². The molecule has 0 saturated heterocycles. The fourth-order valence-electron chi connectivity index (χ4n) is 3.44. The Hall–Kier alpha value is -2.63. The van der Waals surface area contributed by atoms with Gasteiger partial charge < -0.3 is 4.90 Å². The number of hydrogen-bond donors (Lipinski definition) is 0. The maximum absolute atomic E-state index is 9.71. The largest absolute Gasteiger partial charge is 0.349 e. The van der Waals surface area contributed by atoms with Crippen LogP contribution >= 0.6 is 22.9 Å². The van der Waals surface area contributed by atoms with E-state index in [2.05, 4.69) is 77.5 Å². The number of rotatable bonds is 8. The Morgan fingerprint density at radius 3 is 2.24 bits per heavy atom. The Morgan fingerprint density at radius 1 is 1.06 bits per heavy atom. The summed E-state index contributed by atoms with van der Waals surface area (Å²) in [6.45, 7) is 16.6. The SMILES string of the molecule is CCC(C)c1ccc(-c2nc(N(CC)CC)sc2/N=N/c2snc(C(C)(C)C)c2C#N)cc1. The number of nitrogens with zero attached hydrogens (tertiary/aromatic N) is 6. The van der Waals surface area contributed by atoms with Gasteiger partial charge in [-0.1, -0.05) is 70.2 Å². The zero-order valence-corrected chi connectivity index (χ0v) is 22.1. The number of thiazole rings is 1. The van der Waals surface area contributed by atoms with Crippen molar-refractivity contribution in [1.29, 1.82) is 5.26 Å². The normalized spacial score (nSPS) is 12.8. The van der Waals surface area contributed by atoms with Gasteiger partial charge in [-0.25, -0.2) is 4.98 Å². The third-order valence-corrected chi connectivity index (χ3v) is 7.46. The average Bonchev–Trinajstić information content (AvgIpc) is 3.42. The molecule has 174 valence electrons. The van der Waals surface area contributed by atoms with Gasteiger partial charge in [0.05, 0.1) is 5.69 Å². The van der Waals surface area contributed by atoms with Crippen molar-refractivity contribution in [3.63, 3.8) is 0 Å². The van der Waals surface area contributed by atoms with Gasteiger partial charge in [-0.2, -0.15) is 9.64 Å². The molecule has 0 radical (unpaired) electrons. The fourth-order valence-corrected chi connectivity index (χ4v) is 5.34. The van der Waals surface area contributed by atoms with Gasteiger partial charge in [0.15, 0.2) is 15.1 Å². The second-order valence-electron chi connectivity index (χ2n) is 9.03. The first-order chi connectivity index (χ1) is 15.7. The molecule has 3 rings (SSSR count). The van der Waals surface area contributed by atoms with Crippen LogP contribution in [0.5, 0.6) is 0 Å². The van der Waals surface area contributed by atoms with Gasteiger partial charge in [0.25, 0.3) is 0 Å². The van der Waals surface area contributed by atoms with Gasteiger partial charge in [-0.05, 0) is 43.3 Å². The summed E-state index contributed by atoms with van der Waals surface area (Å²) in [7, 11) is 0. The van der Waals surface area contributed by atoms with E-state index in [0.717, 1.165) is 46.6 Å². The first-order valence-corrected chi connectivity index (χ1v) is 13.0. The molecule has 1 aromatic carbocycles. The lowest BCUT2D eigenvalue weighted by molar-refractivity contribution is 0.574. The number of nitriles is 1. The number of azo groups is 1. The van der Waals surface area contributed by atoms with Crippen molar-refractivity contribution in [1.82, 2.24) is 9.36 Å². The number of anilines is 1. The first-order valence-electron chi connectivity index (χ1n) is 11.4. The van der Waals surface area contributed by atoms with Crippen LogP contribution in [0.15, 0.2) is 34.5 Å². The van der Waals surface area contributed by atoms with E-state index in [1.807, 2.05) is 20.8 Å². The Bertz CT molecular complexity index is 1140. The van der Waals surface area contributed by atoms with Crippen LogP contribution in [0.1, 0.15) is 77.6 Å². The van der Waals surface area contributed by atoms with Crippen molar-refractivity contribution in [2.75, 3.05) is 18.0 Å². The van der Waals surface area contributed by atoms with Gasteiger partial charge in [-0.3, -0.25) is 0 Å². The van der Waals surface area contributed by atoms with Crippen LogP contribution in [0.4, 0.5) is 15.1 Å². The molecule has 3 aromatic rings. The minimum absolute atomic E-state index is 0.224. The van der Waals surface area contributed by atoms with Gasteiger partial charge >= 0.3 is 0 Å². The maximum Gasteiger partial charge on any atom is 0.188 e. The van der Waals surface area contributed by atoms with Gasteiger partial charge in [0.1, 0.15) is 17.3 Å². The third kappa shape index (κ3) is 5.48. The molecule has 1 atom stereocenters. The lowest BCUT2D eigenvalue weighted by atomic mass is 9.90. The van der Waals surface area contributed by atoms with E-state index in [4.69, 9.17) is 4.98 Å². The van der Waals surface area contributed by atoms with E-state index in [1.165, 1.54) is 28.4 Å². The molecular weight excluding hydrogens is 448 g/mol. The highest BCUT2D eigenvalue weighted by Gasteiger charge is 2.25. The Morgan fingerprint density at radius 2 is 1.70 bits per heavy atom. The van der Waals surface area contributed by atoms with Crippen LogP contribution in [0, 0.1) is 11.3 Å². The van der Waals surface area contributed by atoms with Crippen molar-refractivity contribution in [2.24, 2.45) is 10.2 Å².